The van der Waals surface area contributed by atoms with E-state index in [1.807, 2.05) is 17.1 Å². The van der Waals surface area contributed by atoms with Crippen LogP contribution in [0.1, 0.15) is 38.8 Å². The number of hydrogen-bond acceptors (Lipinski definition) is 4. The van der Waals surface area contributed by atoms with Gasteiger partial charge in [-0.2, -0.15) is 10.2 Å². The first kappa shape index (κ1) is 17.0. The van der Waals surface area contributed by atoms with Gasteiger partial charge in [0.05, 0.1) is 17.9 Å². The van der Waals surface area contributed by atoms with Crippen LogP contribution in [0, 0.1) is 5.92 Å². The van der Waals surface area contributed by atoms with Crippen molar-refractivity contribution >= 4 is 10.9 Å². The molecule has 2 aliphatic heterocycles. The van der Waals surface area contributed by atoms with Gasteiger partial charge in [0, 0.05) is 42.9 Å². The molecule has 6 nitrogen and oxygen atoms in total. The summed E-state index contributed by atoms with van der Waals surface area (Å²) in [7, 11) is 0. The van der Waals surface area contributed by atoms with Gasteiger partial charge < -0.3 is 10.1 Å². The summed E-state index contributed by atoms with van der Waals surface area (Å²) >= 11 is 0. The third kappa shape index (κ3) is 3.39. The van der Waals surface area contributed by atoms with Crippen LogP contribution < -0.4 is 5.32 Å². The van der Waals surface area contributed by atoms with Gasteiger partial charge in [0.2, 0.25) is 0 Å². The summed E-state index contributed by atoms with van der Waals surface area (Å²) in [5.74, 6) is 0.663. The van der Waals surface area contributed by atoms with Gasteiger partial charge in [0.25, 0.3) is 0 Å². The van der Waals surface area contributed by atoms with Crippen LogP contribution >= 0.6 is 0 Å². The number of aromatic nitrogens is 4. The van der Waals surface area contributed by atoms with E-state index in [1.165, 1.54) is 29.3 Å². The lowest BCUT2D eigenvalue weighted by molar-refractivity contribution is -0.0394. The van der Waals surface area contributed by atoms with Crippen molar-refractivity contribution < 1.29 is 4.74 Å². The van der Waals surface area contributed by atoms with Crippen LogP contribution in [0.25, 0.3) is 22.0 Å². The first-order valence-corrected chi connectivity index (χ1v) is 10.1. The fourth-order valence-electron chi connectivity index (χ4n) is 4.41. The van der Waals surface area contributed by atoms with Crippen LogP contribution in [0.4, 0.5) is 0 Å². The minimum absolute atomic E-state index is 0.0846. The lowest BCUT2D eigenvalue weighted by Gasteiger charge is -2.22. The van der Waals surface area contributed by atoms with E-state index in [2.05, 4.69) is 51.5 Å². The summed E-state index contributed by atoms with van der Waals surface area (Å²) in [4.78, 5) is 0. The highest BCUT2D eigenvalue weighted by atomic mass is 16.5. The molecule has 1 unspecified atom stereocenters. The highest BCUT2D eigenvalue weighted by Gasteiger charge is 2.22. The van der Waals surface area contributed by atoms with Gasteiger partial charge >= 0.3 is 0 Å². The van der Waals surface area contributed by atoms with E-state index in [-0.39, 0.29) is 6.23 Å². The molecule has 3 aromatic rings. The van der Waals surface area contributed by atoms with E-state index in [9.17, 15) is 0 Å². The van der Waals surface area contributed by atoms with Crippen LogP contribution in [-0.2, 0) is 11.3 Å². The third-order valence-corrected chi connectivity index (χ3v) is 5.90. The van der Waals surface area contributed by atoms with Gasteiger partial charge in [-0.15, -0.1) is 0 Å². The number of fused-ring (bicyclic) bond motifs is 1. The molecule has 0 spiro atoms. The molecule has 4 heterocycles. The van der Waals surface area contributed by atoms with E-state index < -0.39 is 0 Å². The number of hydrogen-bond donors (Lipinski definition) is 1. The van der Waals surface area contributed by atoms with Crippen LogP contribution in [0.2, 0.25) is 0 Å². The van der Waals surface area contributed by atoms with Gasteiger partial charge in [-0.1, -0.05) is 6.07 Å². The van der Waals surface area contributed by atoms with Crippen LogP contribution in [0.15, 0.2) is 36.8 Å². The first-order chi connectivity index (χ1) is 13.3. The van der Waals surface area contributed by atoms with Gasteiger partial charge in [-0.25, -0.2) is 4.68 Å². The molecule has 1 N–H and O–H groups in total. The van der Waals surface area contributed by atoms with Crippen molar-refractivity contribution in [3.63, 3.8) is 0 Å². The summed E-state index contributed by atoms with van der Waals surface area (Å²) in [6.45, 7) is 5.16. The van der Waals surface area contributed by atoms with Crippen molar-refractivity contribution in [1.29, 1.82) is 0 Å². The zero-order chi connectivity index (χ0) is 18.2. The predicted octanol–water partition coefficient (Wildman–Crippen LogP) is 3.60. The first-order valence-electron chi connectivity index (χ1n) is 10.1. The molecule has 5 rings (SSSR count). The molecule has 27 heavy (non-hydrogen) atoms. The smallest absolute Gasteiger partial charge is 0.150 e. The molecule has 2 aliphatic rings. The molecule has 0 aliphatic carbocycles. The molecule has 0 saturated carbocycles. The Morgan fingerprint density at radius 2 is 2.15 bits per heavy atom. The van der Waals surface area contributed by atoms with Crippen LogP contribution in [0.3, 0.4) is 0 Å². The Balaban J connectivity index is 1.36. The largest absolute Gasteiger partial charge is 0.357 e. The summed E-state index contributed by atoms with van der Waals surface area (Å²) in [5, 5.41) is 13.9. The highest BCUT2D eigenvalue weighted by molar-refractivity contribution is 5.84. The van der Waals surface area contributed by atoms with E-state index >= 15 is 0 Å². The fraction of sp³-hybridized carbons (Fsp3) is 0.524. The minimum Gasteiger partial charge on any atom is -0.357 e. The molecule has 2 saturated heterocycles. The number of rotatable bonds is 4. The lowest BCUT2D eigenvalue weighted by atomic mass is 10.1. The summed E-state index contributed by atoms with van der Waals surface area (Å²) in [5.41, 5.74) is 3.52. The average molecular weight is 365 g/mol. The lowest BCUT2D eigenvalue weighted by Crippen LogP contribution is -2.18. The molecular formula is C21H27N5O. The third-order valence-electron chi connectivity index (χ3n) is 5.90. The number of nitrogens with zero attached hydrogens (tertiary/aromatic N) is 4. The van der Waals surface area contributed by atoms with Crippen LogP contribution in [-0.4, -0.2) is 38.8 Å². The topological polar surface area (TPSA) is 56.9 Å². The molecule has 142 valence electrons. The fourth-order valence-corrected chi connectivity index (χ4v) is 4.41. The Hall–Kier alpha value is -2.18. The molecule has 2 fully saturated rings. The van der Waals surface area contributed by atoms with Gasteiger partial charge in [0.1, 0.15) is 6.23 Å². The average Bonchev–Trinajstić information content (AvgIpc) is 3.43. The SMILES string of the molecule is C[C@@H]1C[C@@H](Cn2ncc3cc(-c4cnn(C5CCCCO5)c4)ccc32)CN1. The second-order valence-corrected chi connectivity index (χ2v) is 8.04. The van der Waals surface area contributed by atoms with Crippen molar-refractivity contribution in [2.75, 3.05) is 13.2 Å². The van der Waals surface area contributed by atoms with Crippen LogP contribution in [0.5, 0.6) is 0 Å². The maximum absolute atomic E-state index is 5.84. The second-order valence-electron chi connectivity index (χ2n) is 8.04. The molecule has 6 heteroatoms. The van der Waals surface area contributed by atoms with E-state index in [1.54, 1.807) is 0 Å². The maximum Gasteiger partial charge on any atom is 0.150 e. The zero-order valence-corrected chi connectivity index (χ0v) is 15.8. The quantitative estimate of drug-likeness (QED) is 0.768. The zero-order valence-electron chi connectivity index (χ0n) is 15.8. The van der Waals surface area contributed by atoms with Crippen molar-refractivity contribution in [2.24, 2.45) is 5.92 Å². The van der Waals surface area contributed by atoms with Gasteiger partial charge in [0.15, 0.2) is 0 Å². The molecular weight excluding hydrogens is 338 g/mol. The van der Waals surface area contributed by atoms with Crippen molar-refractivity contribution in [1.82, 2.24) is 24.9 Å². The van der Waals surface area contributed by atoms with E-state index in [0.29, 0.717) is 12.0 Å². The normalized spacial score (nSPS) is 26.0. The summed E-state index contributed by atoms with van der Waals surface area (Å²) in [6.07, 6.45) is 10.7. The molecule has 1 aromatic carbocycles. The Morgan fingerprint density at radius 1 is 1.19 bits per heavy atom. The van der Waals surface area contributed by atoms with E-state index in [0.717, 1.165) is 38.1 Å². The monoisotopic (exact) mass is 365 g/mol. The highest BCUT2D eigenvalue weighted by Crippen LogP contribution is 2.28. The van der Waals surface area contributed by atoms with Gasteiger partial charge in [-0.3, -0.25) is 4.68 Å². The van der Waals surface area contributed by atoms with Crippen molar-refractivity contribution in [3.05, 3.63) is 36.8 Å². The summed E-state index contributed by atoms with van der Waals surface area (Å²) in [6, 6.07) is 7.21. The van der Waals surface area contributed by atoms with Gasteiger partial charge in [-0.05, 0) is 56.2 Å². The number of benzene rings is 1. The Labute approximate surface area is 159 Å². The minimum atomic E-state index is 0.0846. The van der Waals surface area contributed by atoms with E-state index in [4.69, 9.17) is 4.74 Å². The number of nitrogens with one attached hydrogen (secondary N) is 1. The summed E-state index contributed by atoms with van der Waals surface area (Å²) < 4.78 is 9.96. The molecule has 0 amide bonds. The maximum atomic E-state index is 5.84. The Morgan fingerprint density at radius 3 is 2.96 bits per heavy atom. The number of ether oxygens (including phenoxy) is 1. The predicted molar refractivity (Wildman–Crippen MR) is 105 cm³/mol. The Kier molecular flexibility index (Phi) is 4.45. The molecule has 2 aromatic heterocycles. The molecule has 0 bridgehead atoms. The molecule has 3 atom stereocenters. The Bertz CT molecular complexity index is 924. The standard InChI is InChI=1S/C21H27N5O/c1-15-8-16(10-22-15)13-25-20-6-5-17(9-18(20)11-23-25)19-12-24-26(14-19)21-4-2-3-7-27-21/h5-6,9,11-12,14-16,21-22H,2-4,7-8,10,13H2,1H3/t15-,16-,21?/m1/s1. The van der Waals surface area contributed by atoms with Crippen molar-refractivity contribution in [3.8, 4) is 11.1 Å². The van der Waals surface area contributed by atoms with Crippen molar-refractivity contribution in [2.45, 2.75) is 51.4 Å². The second kappa shape index (κ2) is 7.09. The molecule has 0 radical (unpaired) electrons.